The van der Waals surface area contributed by atoms with Crippen molar-refractivity contribution in [2.75, 3.05) is 25.7 Å². The minimum Gasteiger partial charge on any atom is -0.496 e. The maximum Gasteiger partial charge on any atom is 0.250 e. The highest BCUT2D eigenvalue weighted by molar-refractivity contribution is 6.31. The van der Waals surface area contributed by atoms with Crippen LogP contribution in [-0.2, 0) is 16.0 Å². The van der Waals surface area contributed by atoms with E-state index in [9.17, 15) is 9.59 Å². The molecular formula is C23H25ClN2O4. The maximum absolute atomic E-state index is 13.1. The Hall–Kier alpha value is -2.73. The molecule has 2 aromatic rings. The van der Waals surface area contributed by atoms with Gasteiger partial charge in [0.15, 0.2) is 0 Å². The van der Waals surface area contributed by atoms with Crippen molar-refractivity contribution in [3.63, 3.8) is 0 Å². The number of piperazine rings is 1. The van der Waals surface area contributed by atoms with E-state index in [1.165, 1.54) is 0 Å². The smallest absolute Gasteiger partial charge is 0.250 e. The third-order valence-electron chi connectivity index (χ3n) is 6.01. The summed E-state index contributed by atoms with van der Waals surface area (Å²) in [5.41, 5.74) is 2.60. The van der Waals surface area contributed by atoms with E-state index < -0.39 is 6.04 Å². The van der Waals surface area contributed by atoms with Gasteiger partial charge in [-0.1, -0.05) is 29.8 Å². The molecule has 2 saturated heterocycles. The van der Waals surface area contributed by atoms with E-state index in [0.717, 1.165) is 22.6 Å². The molecule has 2 aliphatic rings. The van der Waals surface area contributed by atoms with Crippen LogP contribution >= 0.6 is 11.6 Å². The number of rotatable bonds is 6. The van der Waals surface area contributed by atoms with Gasteiger partial charge in [0, 0.05) is 24.1 Å². The van der Waals surface area contributed by atoms with E-state index >= 15 is 0 Å². The molecule has 0 radical (unpaired) electrons. The Kier molecular flexibility index (Phi) is 5.60. The number of anilines is 1. The van der Waals surface area contributed by atoms with Gasteiger partial charge in [-0.3, -0.25) is 9.59 Å². The summed E-state index contributed by atoms with van der Waals surface area (Å²) in [4.78, 5) is 29.5. The summed E-state index contributed by atoms with van der Waals surface area (Å²) in [6, 6.07) is 10.8. The second-order valence-electron chi connectivity index (χ2n) is 7.74. The number of benzene rings is 2. The molecule has 0 N–H and O–H groups in total. The summed E-state index contributed by atoms with van der Waals surface area (Å²) < 4.78 is 10.8. The van der Waals surface area contributed by atoms with Gasteiger partial charge in [0.05, 0.1) is 25.9 Å². The molecule has 0 aromatic heterocycles. The minimum atomic E-state index is -0.416. The van der Waals surface area contributed by atoms with Crippen LogP contribution in [0, 0.1) is 6.92 Å². The predicted molar refractivity (Wildman–Crippen MR) is 115 cm³/mol. The summed E-state index contributed by atoms with van der Waals surface area (Å²) in [6.45, 7) is 2.43. The van der Waals surface area contributed by atoms with E-state index in [4.69, 9.17) is 21.1 Å². The summed E-state index contributed by atoms with van der Waals surface area (Å²) in [7, 11) is 3.19. The van der Waals surface area contributed by atoms with Crippen molar-refractivity contribution >= 4 is 29.1 Å². The summed E-state index contributed by atoms with van der Waals surface area (Å²) in [5.74, 6) is 1.29. The molecule has 2 heterocycles. The quantitative estimate of drug-likeness (QED) is 0.705. The van der Waals surface area contributed by atoms with Gasteiger partial charge in [0.25, 0.3) is 0 Å². The zero-order valence-electron chi connectivity index (χ0n) is 17.4. The first-order valence-electron chi connectivity index (χ1n) is 10.0. The number of carbonyl (C=O) groups excluding carboxylic acids is 2. The van der Waals surface area contributed by atoms with E-state index in [2.05, 4.69) is 0 Å². The van der Waals surface area contributed by atoms with Crippen molar-refractivity contribution in [2.24, 2.45) is 0 Å². The predicted octanol–water partition coefficient (Wildman–Crippen LogP) is 3.61. The molecule has 6 nitrogen and oxygen atoms in total. The van der Waals surface area contributed by atoms with Crippen LogP contribution in [0.25, 0.3) is 0 Å². The van der Waals surface area contributed by atoms with Crippen LogP contribution in [0.15, 0.2) is 36.4 Å². The van der Waals surface area contributed by atoms with Crippen molar-refractivity contribution in [3.05, 3.63) is 52.5 Å². The fraction of sp³-hybridized carbons (Fsp3) is 0.391. The Morgan fingerprint density at radius 2 is 1.90 bits per heavy atom. The monoisotopic (exact) mass is 428 g/mol. The lowest BCUT2D eigenvalue weighted by Gasteiger charge is -2.34. The van der Waals surface area contributed by atoms with Gasteiger partial charge in [-0.2, -0.15) is 0 Å². The Morgan fingerprint density at radius 1 is 1.17 bits per heavy atom. The van der Waals surface area contributed by atoms with Crippen LogP contribution in [0.3, 0.4) is 0 Å². The van der Waals surface area contributed by atoms with E-state index in [-0.39, 0.29) is 17.9 Å². The van der Waals surface area contributed by atoms with Gasteiger partial charge in [-0.05, 0) is 43.0 Å². The number of fused-ring (bicyclic) bond motifs is 2. The normalized spacial score (nSPS) is 20.1. The van der Waals surface area contributed by atoms with Gasteiger partial charge in [0.2, 0.25) is 11.8 Å². The molecule has 0 aliphatic carbocycles. The highest BCUT2D eigenvalue weighted by Gasteiger charge is 2.52. The summed E-state index contributed by atoms with van der Waals surface area (Å²) in [5, 5.41) is 0.598. The Labute approximate surface area is 181 Å². The van der Waals surface area contributed by atoms with E-state index in [0.29, 0.717) is 36.6 Å². The molecule has 4 rings (SSSR count). The first-order chi connectivity index (χ1) is 14.4. The Morgan fingerprint density at radius 3 is 2.60 bits per heavy atom. The molecule has 2 amide bonds. The van der Waals surface area contributed by atoms with Crippen molar-refractivity contribution in [3.8, 4) is 11.5 Å². The van der Waals surface area contributed by atoms with Crippen molar-refractivity contribution in [2.45, 2.75) is 38.3 Å². The molecule has 158 valence electrons. The number of para-hydroxylation sites is 1. The first-order valence-corrected chi connectivity index (χ1v) is 10.4. The number of aryl methyl sites for hydroxylation is 2. The number of hydrogen-bond donors (Lipinski definition) is 0. The Bertz CT molecular complexity index is 993. The standard InChI is InChI=1S/C23H25ClN2O4/c1-14-10-18(21(30-3)12-17(14)24)26-16-11-19(23(26)28)25(13-16)22(27)9-8-15-6-4-5-7-20(15)29-2/h4-7,10,12,16,19H,8-9,11,13H2,1-3H3/t16-,19-/m0/s1. The summed E-state index contributed by atoms with van der Waals surface area (Å²) >= 11 is 6.21. The van der Waals surface area contributed by atoms with Crippen LogP contribution in [0.5, 0.6) is 11.5 Å². The fourth-order valence-corrected chi connectivity index (χ4v) is 4.61. The lowest BCUT2D eigenvalue weighted by molar-refractivity contribution is -0.138. The zero-order valence-corrected chi connectivity index (χ0v) is 18.1. The second-order valence-corrected chi connectivity index (χ2v) is 8.15. The van der Waals surface area contributed by atoms with Crippen LogP contribution in [0.1, 0.15) is 24.0 Å². The third kappa shape index (κ3) is 3.49. The number of halogens is 1. The topological polar surface area (TPSA) is 59.1 Å². The molecule has 2 atom stereocenters. The number of ether oxygens (including phenoxy) is 2. The number of carbonyl (C=O) groups is 2. The Balaban J connectivity index is 1.47. The SMILES string of the molecule is COc1ccccc1CCC(=O)N1C[C@@H]2C[C@H]1C(=O)N2c1cc(C)c(Cl)cc1OC. The summed E-state index contributed by atoms with van der Waals surface area (Å²) in [6.07, 6.45) is 1.57. The number of methoxy groups -OCH3 is 2. The lowest BCUT2D eigenvalue weighted by atomic mass is 10.1. The highest BCUT2D eigenvalue weighted by atomic mass is 35.5. The number of likely N-dealkylation sites (tertiary alicyclic amines) is 1. The van der Waals surface area contributed by atoms with Gasteiger partial charge < -0.3 is 19.3 Å². The van der Waals surface area contributed by atoms with Gasteiger partial charge in [-0.15, -0.1) is 0 Å². The van der Waals surface area contributed by atoms with Crippen LogP contribution in [-0.4, -0.2) is 49.6 Å². The molecule has 2 aliphatic heterocycles. The molecular weight excluding hydrogens is 404 g/mol. The zero-order chi connectivity index (χ0) is 21.4. The molecule has 0 spiro atoms. The molecule has 2 aromatic carbocycles. The third-order valence-corrected chi connectivity index (χ3v) is 6.41. The molecule has 2 fully saturated rings. The number of hydrogen-bond acceptors (Lipinski definition) is 4. The molecule has 0 saturated carbocycles. The molecule has 0 unspecified atom stereocenters. The van der Waals surface area contributed by atoms with E-state index in [1.54, 1.807) is 30.1 Å². The largest absolute Gasteiger partial charge is 0.496 e. The van der Waals surface area contributed by atoms with Crippen LogP contribution in [0.2, 0.25) is 5.02 Å². The highest BCUT2D eigenvalue weighted by Crippen LogP contribution is 2.42. The van der Waals surface area contributed by atoms with Crippen molar-refractivity contribution in [1.82, 2.24) is 4.90 Å². The van der Waals surface area contributed by atoms with Crippen molar-refractivity contribution in [1.29, 1.82) is 0 Å². The average Bonchev–Trinajstić information content (AvgIpc) is 3.32. The van der Waals surface area contributed by atoms with Crippen LogP contribution < -0.4 is 14.4 Å². The van der Waals surface area contributed by atoms with Gasteiger partial charge in [0.1, 0.15) is 17.5 Å². The molecule has 30 heavy (non-hydrogen) atoms. The molecule has 7 heteroatoms. The van der Waals surface area contributed by atoms with Gasteiger partial charge in [-0.25, -0.2) is 0 Å². The van der Waals surface area contributed by atoms with Crippen molar-refractivity contribution < 1.29 is 19.1 Å². The fourth-order valence-electron chi connectivity index (χ4n) is 4.46. The average molecular weight is 429 g/mol. The lowest BCUT2D eigenvalue weighted by Crippen LogP contribution is -2.52. The van der Waals surface area contributed by atoms with Crippen LogP contribution in [0.4, 0.5) is 5.69 Å². The minimum absolute atomic E-state index is 0.000609. The number of amides is 2. The number of nitrogens with zero attached hydrogens (tertiary/aromatic N) is 2. The first kappa shape index (κ1) is 20.5. The van der Waals surface area contributed by atoms with E-state index in [1.807, 2.05) is 37.3 Å². The maximum atomic E-state index is 13.1. The van der Waals surface area contributed by atoms with Gasteiger partial charge >= 0.3 is 0 Å². The second kappa shape index (κ2) is 8.19. The molecule has 2 bridgehead atoms.